The Morgan fingerprint density at radius 3 is 2.80 bits per heavy atom. The molecule has 1 saturated carbocycles. The summed E-state index contributed by atoms with van der Waals surface area (Å²) in [4.78, 5) is 0. The number of rotatable bonds is 2. The highest BCUT2D eigenvalue weighted by Crippen LogP contribution is 2.50. The lowest BCUT2D eigenvalue weighted by atomic mass is 9.84. The molecule has 1 N–H and O–H groups in total. The smallest absolute Gasteiger partial charge is 0.125 e. The van der Waals surface area contributed by atoms with E-state index in [4.69, 9.17) is 4.74 Å². The van der Waals surface area contributed by atoms with E-state index in [0.29, 0.717) is 12.3 Å². The molecule has 0 saturated heterocycles. The molecule has 0 radical (unpaired) electrons. The normalized spacial score (nSPS) is 31.1. The average Bonchev–Trinajstić information content (AvgIpc) is 2.81. The van der Waals surface area contributed by atoms with Crippen molar-refractivity contribution in [2.45, 2.75) is 52.1 Å². The zero-order valence-corrected chi connectivity index (χ0v) is 14.1. The number of aliphatic hydroxyl groups is 1. The highest BCUT2D eigenvalue weighted by molar-refractivity contribution is 9.10. The third-order valence-corrected chi connectivity index (χ3v) is 5.34. The predicted molar refractivity (Wildman–Crippen MR) is 84.2 cm³/mol. The Hall–Kier alpha value is -0.540. The summed E-state index contributed by atoms with van der Waals surface area (Å²) in [7, 11) is 0. The first-order valence-corrected chi connectivity index (χ1v) is 8.25. The minimum absolute atomic E-state index is 0.226. The SMILES string of the molecule is CC1CC(C)(C)CC1(O)Cc1cc(Br)cc2c1OCC2. The van der Waals surface area contributed by atoms with E-state index in [1.54, 1.807) is 0 Å². The van der Waals surface area contributed by atoms with E-state index in [0.717, 1.165) is 41.7 Å². The Kier molecular flexibility index (Phi) is 3.41. The predicted octanol–water partition coefficient (Wildman–Crippen LogP) is 4.11. The van der Waals surface area contributed by atoms with Crippen LogP contribution in [0, 0.1) is 11.3 Å². The van der Waals surface area contributed by atoms with Gasteiger partial charge in [0, 0.05) is 17.3 Å². The summed E-state index contributed by atoms with van der Waals surface area (Å²) in [6.45, 7) is 7.44. The maximum Gasteiger partial charge on any atom is 0.125 e. The molecule has 2 unspecified atom stereocenters. The fourth-order valence-corrected chi connectivity index (χ4v) is 4.69. The molecule has 0 amide bonds. The van der Waals surface area contributed by atoms with Crippen LogP contribution in [0.5, 0.6) is 5.75 Å². The summed E-state index contributed by atoms with van der Waals surface area (Å²) in [5.74, 6) is 1.34. The van der Waals surface area contributed by atoms with Crippen LogP contribution in [0.2, 0.25) is 0 Å². The Morgan fingerprint density at radius 2 is 2.15 bits per heavy atom. The van der Waals surface area contributed by atoms with Crippen LogP contribution in [0.4, 0.5) is 0 Å². The van der Waals surface area contributed by atoms with Gasteiger partial charge in [0.15, 0.2) is 0 Å². The van der Waals surface area contributed by atoms with Gasteiger partial charge in [0.1, 0.15) is 5.75 Å². The average molecular weight is 339 g/mol. The lowest BCUT2D eigenvalue weighted by Crippen LogP contribution is -2.34. The third-order valence-electron chi connectivity index (χ3n) is 4.88. The van der Waals surface area contributed by atoms with E-state index in [2.05, 4.69) is 48.8 Å². The molecule has 1 fully saturated rings. The molecule has 2 nitrogen and oxygen atoms in total. The number of halogens is 1. The summed E-state index contributed by atoms with van der Waals surface area (Å²) in [6.07, 6.45) is 3.61. The molecule has 1 aliphatic heterocycles. The molecule has 1 aromatic carbocycles. The number of hydrogen-bond acceptors (Lipinski definition) is 2. The summed E-state index contributed by atoms with van der Waals surface area (Å²) >= 11 is 3.58. The maximum absolute atomic E-state index is 11.1. The number of benzene rings is 1. The number of hydrogen-bond donors (Lipinski definition) is 1. The lowest BCUT2D eigenvalue weighted by Gasteiger charge is -2.29. The molecule has 20 heavy (non-hydrogen) atoms. The fraction of sp³-hybridized carbons (Fsp3) is 0.647. The van der Waals surface area contributed by atoms with Crippen molar-refractivity contribution in [2.24, 2.45) is 11.3 Å². The summed E-state index contributed by atoms with van der Waals surface area (Å²) in [5, 5.41) is 11.1. The van der Waals surface area contributed by atoms with Crippen LogP contribution in [-0.4, -0.2) is 17.3 Å². The molecule has 2 atom stereocenters. The second-order valence-electron chi connectivity index (χ2n) is 7.38. The Morgan fingerprint density at radius 1 is 1.40 bits per heavy atom. The molecule has 0 aromatic heterocycles. The van der Waals surface area contributed by atoms with Crippen LogP contribution in [0.25, 0.3) is 0 Å². The quantitative estimate of drug-likeness (QED) is 0.879. The van der Waals surface area contributed by atoms with Gasteiger partial charge in [-0.05, 0) is 47.4 Å². The first kappa shape index (κ1) is 14.4. The van der Waals surface area contributed by atoms with Gasteiger partial charge in [-0.2, -0.15) is 0 Å². The topological polar surface area (TPSA) is 29.5 Å². The van der Waals surface area contributed by atoms with E-state index < -0.39 is 5.60 Å². The molecule has 0 bridgehead atoms. The van der Waals surface area contributed by atoms with Crippen LogP contribution in [0.1, 0.15) is 44.7 Å². The first-order chi connectivity index (χ1) is 9.29. The second kappa shape index (κ2) is 4.74. The Labute approximate surface area is 129 Å². The maximum atomic E-state index is 11.1. The summed E-state index contributed by atoms with van der Waals surface area (Å²) in [5.41, 5.74) is 2.04. The Bertz CT molecular complexity index is 538. The van der Waals surface area contributed by atoms with Gasteiger partial charge in [0.2, 0.25) is 0 Å². The molecule has 1 heterocycles. The van der Waals surface area contributed by atoms with Crippen molar-refractivity contribution >= 4 is 15.9 Å². The lowest BCUT2D eigenvalue weighted by molar-refractivity contribution is 0.00397. The molecule has 1 aromatic rings. The van der Waals surface area contributed by atoms with Crippen molar-refractivity contribution in [3.63, 3.8) is 0 Å². The van der Waals surface area contributed by atoms with Crippen molar-refractivity contribution in [1.82, 2.24) is 0 Å². The monoisotopic (exact) mass is 338 g/mol. The van der Waals surface area contributed by atoms with Crippen molar-refractivity contribution in [2.75, 3.05) is 6.61 Å². The van der Waals surface area contributed by atoms with Crippen LogP contribution in [0.3, 0.4) is 0 Å². The Balaban J connectivity index is 1.92. The number of ether oxygens (including phenoxy) is 1. The molecular weight excluding hydrogens is 316 g/mol. The third kappa shape index (κ3) is 2.50. The largest absolute Gasteiger partial charge is 0.493 e. The van der Waals surface area contributed by atoms with Gasteiger partial charge in [0.25, 0.3) is 0 Å². The van der Waals surface area contributed by atoms with Gasteiger partial charge in [-0.15, -0.1) is 0 Å². The summed E-state index contributed by atoms with van der Waals surface area (Å²) in [6, 6.07) is 4.25. The van der Waals surface area contributed by atoms with Crippen LogP contribution in [-0.2, 0) is 12.8 Å². The zero-order valence-electron chi connectivity index (χ0n) is 12.5. The standard InChI is InChI=1S/C17H23BrO2/c1-11-8-16(2,3)10-17(11,19)9-13-7-14(18)6-12-4-5-20-15(12)13/h6-7,11,19H,4-5,8-10H2,1-3H3. The molecule has 110 valence electrons. The molecule has 0 spiro atoms. The van der Waals surface area contributed by atoms with Crippen LogP contribution >= 0.6 is 15.9 Å². The minimum atomic E-state index is -0.607. The van der Waals surface area contributed by atoms with Gasteiger partial charge < -0.3 is 9.84 Å². The molecular formula is C17H23BrO2. The van der Waals surface area contributed by atoms with E-state index >= 15 is 0 Å². The molecule has 3 rings (SSSR count). The summed E-state index contributed by atoms with van der Waals surface area (Å²) < 4.78 is 6.88. The van der Waals surface area contributed by atoms with Crippen LogP contribution < -0.4 is 4.74 Å². The van der Waals surface area contributed by atoms with Gasteiger partial charge in [-0.3, -0.25) is 0 Å². The van der Waals surface area contributed by atoms with E-state index in [1.807, 2.05) is 0 Å². The molecule has 2 aliphatic rings. The number of fused-ring (bicyclic) bond motifs is 1. The van der Waals surface area contributed by atoms with E-state index in [-0.39, 0.29) is 5.41 Å². The van der Waals surface area contributed by atoms with Crippen molar-refractivity contribution in [3.8, 4) is 5.75 Å². The minimum Gasteiger partial charge on any atom is -0.493 e. The zero-order chi connectivity index (χ0) is 14.5. The second-order valence-corrected chi connectivity index (χ2v) is 8.29. The van der Waals surface area contributed by atoms with Crippen molar-refractivity contribution < 1.29 is 9.84 Å². The van der Waals surface area contributed by atoms with Crippen LogP contribution in [0.15, 0.2) is 16.6 Å². The van der Waals surface area contributed by atoms with Crippen molar-refractivity contribution in [1.29, 1.82) is 0 Å². The van der Waals surface area contributed by atoms with Crippen molar-refractivity contribution in [3.05, 3.63) is 27.7 Å². The van der Waals surface area contributed by atoms with Gasteiger partial charge in [-0.25, -0.2) is 0 Å². The van der Waals surface area contributed by atoms with E-state index in [1.165, 1.54) is 5.56 Å². The highest BCUT2D eigenvalue weighted by Gasteiger charge is 2.47. The van der Waals surface area contributed by atoms with Gasteiger partial charge in [-0.1, -0.05) is 36.7 Å². The molecule has 1 aliphatic carbocycles. The highest BCUT2D eigenvalue weighted by atomic mass is 79.9. The first-order valence-electron chi connectivity index (χ1n) is 7.46. The van der Waals surface area contributed by atoms with Gasteiger partial charge >= 0.3 is 0 Å². The fourth-order valence-electron chi connectivity index (χ4n) is 4.14. The van der Waals surface area contributed by atoms with E-state index in [9.17, 15) is 5.11 Å². The van der Waals surface area contributed by atoms with Gasteiger partial charge in [0.05, 0.1) is 12.2 Å². The molecule has 3 heteroatoms.